The molecule has 0 amide bonds. The molecule has 0 spiro atoms. The van der Waals surface area contributed by atoms with Gasteiger partial charge in [-0.15, -0.1) is 13.2 Å². The Morgan fingerprint density at radius 3 is 1.62 bits per heavy atom. The predicted octanol–water partition coefficient (Wildman–Crippen LogP) is 4.63. The Kier molecular flexibility index (Phi) is 6.97. The molecule has 0 aliphatic carbocycles. The van der Waals surface area contributed by atoms with E-state index in [2.05, 4.69) is 26.3 Å². The molecule has 0 bridgehead atoms. The van der Waals surface area contributed by atoms with Gasteiger partial charge < -0.3 is 0 Å². The summed E-state index contributed by atoms with van der Waals surface area (Å²) < 4.78 is 0. The van der Waals surface area contributed by atoms with Crippen molar-refractivity contribution in [1.29, 1.82) is 0 Å². The van der Waals surface area contributed by atoms with Crippen LogP contribution in [0.2, 0.25) is 25.2 Å². The molecular weight excluding hydrogens is 172 g/mol. The van der Waals surface area contributed by atoms with Crippen LogP contribution in [0.15, 0.2) is 25.3 Å². The van der Waals surface area contributed by atoms with Gasteiger partial charge in [0.15, 0.2) is 0 Å². The fourth-order valence-corrected chi connectivity index (χ4v) is 4.15. The highest BCUT2D eigenvalue weighted by molar-refractivity contribution is 6.77. The highest BCUT2D eigenvalue weighted by Gasteiger charge is 2.18. The van der Waals surface area contributed by atoms with E-state index >= 15 is 0 Å². The molecule has 13 heavy (non-hydrogen) atoms. The van der Waals surface area contributed by atoms with Crippen molar-refractivity contribution in [2.45, 2.75) is 50.9 Å². The standard InChI is InChI=1S/C12H24Si/c1-5-7-9-11-13(3,4)12-10-8-6-2/h5-6H,1-2,7-12H2,3-4H3. The maximum atomic E-state index is 3.76. The Labute approximate surface area is 84.8 Å². The molecule has 0 aromatic rings. The van der Waals surface area contributed by atoms with Crippen LogP contribution in [0.1, 0.15) is 25.7 Å². The normalized spacial score (nSPS) is 11.2. The predicted molar refractivity (Wildman–Crippen MR) is 66.0 cm³/mol. The summed E-state index contributed by atoms with van der Waals surface area (Å²) in [5.74, 6) is 0. The minimum atomic E-state index is -0.873. The van der Waals surface area contributed by atoms with Crippen LogP contribution in [0.3, 0.4) is 0 Å². The fourth-order valence-electron chi connectivity index (χ4n) is 1.57. The summed E-state index contributed by atoms with van der Waals surface area (Å²) in [6.45, 7) is 12.5. The quantitative estimate of drug-likeness (QED) is 0.302. The van der Waals surface area contributed by atoms with Crippen LogP contribution >= 0.6 is 0 Å². The summed E-state index contributed by atoms with van der Waals surface area (Å²) in [6, 6.07) is 2.91. The van der Waals surface area contributed by atoms with E-state index in [9.17, 15) is 0 Å². The van der Waals surface area contributed by atoms with Crippen LogP contribution < -0.4 is 0 Å². The van der Waals surface area contributed by atoms with Crippen LogP contribution in [0.25, 0.3) is 0 Å². The van der Waals surface area contributed by atoms with Crippen molar-refractivity contribution < 1.29 is 0 Å². The van der Waals surface area contributed by atoms with Gasteiger partial charge in [-0.2, -0.15) is 0 Å². The van der Waals surface area contributed by atoms with Gasteiger partial charge in [0.1, 0.15) is 0 Å². The molecule has 0 aromatic carbocycles. The molecule has 0 atom stereocenters. The molecule has 76 valence electrons. The average molecular weight is 196 g/mol. The van der Waals surface area contributed by atoms with E-state index in [1.54, 1.807) is 0 Å². The maximum Gasteiger partial charge on any atom is 0.0473 e. The highest BCUT2D eigenvalue weighted by atomic mass is 28.3. The third-order valence-corrected chi connectivity index (χ3v) is 5.94. The van der Waals surface area contributed by atoms with Gasteiger partial charge in [0.05, 0.1) is 0 Å². The van der Waals surface area contributed by atoms with E-state index in [0.717, 1.165) is 0 Å². The smallest absolute Gasteiger partial charge is 0.0473 e. The Balaban J connectivity index is 3.52. The Hall–Kier alpha value is -0.303. The van der Waals surface area contributed by atoms with E-state index in [-0.39, 0.29) is 0 Å². The van der Waals surface area contributed by atoms with Crippen LogP contribution in [0.5, 0.6) is 0 Å². The Morgan fingerprint density at radius 1 is 0.923 bits per heavy atom. The molecule has 0 saturated heterocycles. The lowest BCUT2D eigenvalue weighted by Crippen LogP contribution is -2.24. The first-order valence-electron chi connectivity index (χ1n) is 5.34. The second-order valence-electron chi connectivity index (χ2n) is 4.53. The lowest BCUT2D eigenvalue weighted by Gasteiger charge is -2.21. The lowest BCUT2D eigenvalue weighted by atomic mass is 10.3. The summed E-state index contributed by atoms with van der Waals surface area (Å²) in [5, 5.41) is 0. The average Bonchev–Trinajstić information content (AvgIpc) is 2.05. The Morgan fingerprint density at radius 2 is 1.31 bits per heavy atom. The molecule has 0 heterocycles. The first-order valence-corrected chi connectivity index (χ1v) is 8.75. The molecule has 0 saturated carbocycles. The van der Waals surface area contributed by atoms with E-state index in [0.29, 0.717) is 0 Å². The summed E-state index contributed by atoms with van der Waals surface area (Å²) in [4.78, 5) is 0. The van der Waals surface area contributed by atoms with Gasteiger partial charge in [-0.25, -0.2) is 0 Å². The van der Waals surface area contributed by atoms with Crippen molar-refractivity contribution in [3.63, 3.8) is 0 Å². The second kappa shape index (κ2) is 7.13. The van der Waals surface area contributed by atoms with Gasteiger partial charge in [0, 0.05) is 8.07 Å². The lowest BCUT2D eigenvalue weighted by molar-refractivity contribution is 0.889. The topological polar surface area (TPSA) is 0 Å². The number of rotatable bonds is 8. The first kappa shape index (κ1) is 12.7. The minimum absolute atomic E-state index is 0.873. The minimum Gasteiger partial charge on any atom is -0.103 e. The molecule has 0 fully saturated rings. The molecule has 0 aliphatic heterocycles. The molecule has 0 N–H and O–H groups in total. The second-order valence-corrected chi connectivity index (χ2v) is 9.85. The van der Waals surface area contributed by atoms with Crippen molar-refractivity contribution in [2.24, 2.45) is 0 Å². The van der Waals surface area contributed by atoms with E-state index in [1.165, 1.54) is 37.8 Å². The van der Waals surface area contributed by atoms with Gasteiger partial charge in [0.25, 0.3) is 0 Å². The highest BCUT2D eigenvalue weighted by Crippen LogP contribution is 2.21. The molecule has 0 aromatic heterocycles. The zero-order valence-corrected chi connectivity index (χ0v) is 10.3. The van der Waals surface area contributed by atoms with Crippen molar-refractivity contribution in [1.82, 2.24) is 0 Å². The van der Waals surface area contributed by atoms with Crippen molar-refractivity contribution in [3.8, 4) is 0 Å². The van der Waals surface area contributed by atoms with E-state index in [1.807, 2.05) is 12.2 Å². The SMILES string of the molecule is C=CCCC[Si](C)(C)CCCC=C. The number of unbranched alkanes of at least 4 members (excludes halogenated alkanes) is 2. The molecule has 1 heteroatoms. The number of hydrogen-bond donors (Lipinski definition) is 0. The molecule has 0 nitrogen and oxygen atoms in total. The van der Waals surface area contributed by atoms with E-state index < -0.39 is 8.07 Å². The van der Waals surface area contributed by atoms with Gasteiger partial charge in [0.2, 0.25) is 0 Å². The third kappa shape index (κ3) is 8.04. The van der Waals surface area contributed by atoms with E-state index in [4.69, 9.17) is 0 Å². The van der Waals surface area contributed by atoms with Crippen LogP contribution in [0, 0.1) is 0 Å². The fraction of sp³-hybridized carbons (Fsp3) is 0.667. The molecular formula is C12H24Si. The number of hydrogen-bond acceptors (Lipinski definition) is 0. The summed E-state index contributed by atoms with van der Waals surface area (Å²) in [6.07, 6.45) is 9.14. The summed E-state index contributed by atoms with van der Waals surface area (Å²) in [5.41, 5.74) is 0. The zero-order valence-electron chi connectivity index (χ0n) is 9.31. The third-order valence-electron chi connectivity index (χ3n) is 2.52. The van der Waals surface area contributed by atoms with Crippen LogP contribution in [0.4, 0.5) is 0 Å². The maximum absolute atomic E-state index is 3.76. The van der Waals surface area contributed by atoms with Crippen LogP contribution in [-0.4, -0.2) is 8.07 Å². The largest absolute Gasteiger partial charge is 0.103 e. The van der Waals surface area contributed by atoms with Gasteiger partial charge in [-0.3, -0.25) is 0 Å². The first-order chi connectivity index (χ1) is 6.12. The van der Waals surface area contributed by atoms with Gasteiger partial charge in [-0.05, 0) is 12.8 Å². The van der Waals surface area contributed by atoms with Crippen molar-refractivity contribution in [2.75, 3.05) is 0 Å². The van der Waals surface area contributed by atoms with Crippen molar-refractivity contribution in [3.05, 3.63) is 25.3 Å². The molecule has 0 radical (unpaired) electrons. The summed E-state index contributed by atoms with van der Waals surface area (Å²) >= 11 is 0. The molecule has 0 aliphatic rings. The van der Waals surface area contributed by atoms with Crippen LogP contribution in [-0.2, 0) is 0 Å². The Bertz CT molecular complexity index is 131. The van der Waals surface area contributed by atoms with Gasteiger partial charge >= 0.3 is 0 Å². The molecule has 0 unspecified atom stereocenters. The van der Waals surface area contributed by atoms with Crippen molar-refractivity contribution >= 4 is 8.07 Å². The summed E-state index contributed by atoms with van der Waals surface area (Å²) in [7, 11) is -0.873. The zero-order chi connectivity index (χ0) is 10.2. The monoisotopic (exact) mass is 196 g/mol. The van der Waals surface area contributed by atoms with Gasteiger partial charge in [-0.1, -0.05) is 50.2 Å². The number of allylic oxidation sites excluding steroid dienone is 2. The molecule has 0 rings (SSSR count).